The van der Waals surface area contributed by atoms with Crippen LogP contribution in [0.2, 0.25) is 0 Å². The first kappa shape index (κ1) is 83.2. The minimum absolute atomic E-state index is 0. The Kier molecular flexibility index (Phi) is 28.2. The Balaban J connectivity index is 0.000000357. The second kappa shape index (κ2) is 38.0. The van der Waals surface area contributed by atoms with E-state index in [-0.39, 0.29) is 104 Å². The number of anilines is 6. The number of halogens is 1. The van der Waals surface area contributed by atoms with E-state index in [1.807, 2.05) is 54.6 Å². The van der Waals surface area contributed by atoms with E-state index in [1.54, 1.807) is 123 Å². The molecule has 0 saturated carbocycles. The molecule has 0 aliphatic rings. The number of rotatable bonds is 20. The van der Waals surface area contributed by atoms with Crippen molar-refractivity contribution in [3.63, 3.8) is 0 Å². The van der Waals surface area contributed by atoms with Crippen molar-refractivity contribution in [3.8, 4) is 0 Å². The van der Waals surface area contributed by atoms with Gasteiger partial charge in [-0.15, -0.1) is 0 Å². The molecule has 1 unspecified atom stereocenters. The Hall–Kier alpha value is -12.9. The van der Waals surface area contributed by atoms with Gasteiger partial charge in [0.25, 0.3) is 35.4 Å². The molecule has 0 radical (unpaired) electrons. The summed E-state index contributed by atoms with van der Waals surface area (Å²) < 4.78 is 8.98. The maximum Gasteiger partial charge on any atom is 0.0964 e. The van der Waals surface area contributed by atoms with Gasteiger partial charge < -0.3 is 88.0 Å². The first-order chi connectivity index (χ1) is 52.8. The molecule has 0 bridgehead atoms. The first-order valence-electron chi connectivity index (χ1n) is 33.5. The second-order valence-electron chi connectivity index (χ2n) is 24.6. The molecular weight excluding hydrogens is 1720 g/mol. The number of aryl methyl sites for hydroxylation is 6. The zero-order valence-electron chi connectivity index (χ0n) is 60.7. The number of nitrogens with zero attached hydrogens (tertiary/aromatic N) is 15. The van der Waals surface area contributed by atoms with Crippen molar-refractivity contribution in [1.82, 2.24) is 88.2 Å². The predicted octanol–water partition coefficient (Wildman–Crippen LogP) is 11.2. The van der Waals surface area contributed by atoms with Gasteiger partial charge in [-0.3, -0.25) is 68.8 Å². The molecule has 12 aromatic heterocycles. The van der Waals surface area contributed by atoms with E-state index >= 15 is 0 Å². The zero-order chi connectivity index (χ0) is 76.8. The average molecular weight is 1800 g/mol. The fourth-order valence-corrected chi connectivity index (χ4v) is 12.1. The molecule has 0 saturated heterocycles. The molecule has 0 spiro atoms. The predicted molar refractivity (Wildman–Crippen MR) is 423 cm³/mol. The standard InChI is InChI=1S/C51H54N21O7.2C12H8N2.ClH.2H2N.Pt.Ru/c1-67-16-15-55-42(67)50(78)65-39-25-72(6)44(64-39)51(79)66-38-24-71(5)43(63-38)49(77)56-14-11-33(58-27-59-34-17-28-9-7-12-53-40(28)41-32(34)10-8-13-54-41)45(73)60-29-19-36(69(3)21-29)47(75)62-31-20-37(70(4)23-31)48(76)61-30-18-35(68(2)22-30)46(74)57-26-52;2*1-3-9-5-6-10-4-2-8-14-12(10)11(9)13-7-1;;;;;/h7-10,12-13,15-25,33,52,58-59H,11,14,26-27H2,1-6H3,(H,56,77)(H,57,74)(H,60,73)(H,61,76)(H,62,75)(H,65,78)(H,66,79);2*1-8H;1H;2*1H2;;/q-1;;;;2*-1;+1;/p-1. The third-order valence-corrected chi connectivity index (χ3v) is 17.2. The fraction of sp³-hybridized carbons (Fsp3) is 0.147. The maximum absolute atomic E-state index is 14.2. The number of imidazole rings is 3. The number of carbonyl (C=O) groups excluding carboxylic acids is 7. The van der Waals surface area contributed by atoms with E-state index in [1.165, 1.54) is 64.2 Å². The summed E-state index contributed by atoms with van der Waals surface area (Å²) in [5, 5.41) is 31.8. The van der Waals surface area contributed by atoms with Crippen LogP contribution in [-0.2, 0) is 85.3 Å². The first-order valence-corrected chi connectivity index (χ1v) is 36.3. The van der Waals surface area contributed by atoms with Crippen LogP contribution in [0.15, 0.2) is 202 Å². The molecule has 37 heteroatoms. The van der Waals surface area contributed by atoms with Crippen molar-refractivity contribution in [2.75, 3.05) is 51.8 Å². The van der Waals surface area contributed by atoms with Crippen LogP contribution in [-0.4, -0.2) is 140 Å². The Labute approximate surface area is 667 Å². The fourth-order valence-electron chi connectivity index (χ4n) is 12.1. The molecular formula is C75H74ClN27O7PtRu-3. The summed E-state index contributed by atoms with van der Waals surface area (Å²) in [4.78, 5) is 132. The number of hydrogen-bond acceptors (Lipinski definition) is 18. The number of nitrogens with one attached hydrogen (secondary N) is 10. The van der Waals surface area contributed by atoms with Crippen LogP contribution in [0, 0.1) is 0 Å². The van der Waals surface area contributed by atoms with E-state index in [4.69, 9.17) is 5.73 Å². The minimum atomic E-state index is -0.930. The van der Waals surface area contributed by atoms with Gasteiger partial charge in [0.1, 0.15) is 17.1 Å². The third kappa shape index (κ3) is 19.2. The molecule has 12 heterocycles. The SMILES string of the molecule is Cn1cc(NC(=O)c2cc(NC(=O)c3cc(NC(=O)C(CCNC(=O)c4nc(NC(=O)c5nc(NC(=O)c6nccn6C)cn5C)cn4C)NCNc4cc5cccnc5c5ncccc45)cn3C)cn2C)cc1C(=O)NC[NH-].[Cl][Pt].[NH2-].[NH2-].[Ru].c1cnc2c(c1)ccc1cccnc12.c1cnc2c(c1)ccc1cccnc12. The number of benzene rings is 3. The normalized spacial score (nSPS) is 10.9. The van der Waals surface area contributed by atoms with E-state index < -0.39 is 47.4 Å². The van der Waals surface area contributed by atoms with Gasteiger partial charge in [-0.05, 0) is 73.2 Å². The molecule has 112 heavy (non-hydrogen) atoms. The van der Waals surface area contributed by atoms with E-state index in [9.17, 15) is 33.6 Å². The van der Waals surface area contributed by atoms with Crippen molar-refractivity contribution in [3.05, 3.63) is 254 Å². The number of pyridine rings is 6. The number of hydrogen-bond donors (Lipinski definition) is 9. The molecule has 0 aliphatic carbocycles. The van der Waals surface area contributed by atoms with Crippen molar-refractivity contribution >= 4 is 151 Å². The summed E-state index contributed by atoms with van der Waals surface area (Å²) >= 11 is 1.61. The maximum atomic E-state index is 14.2. The van der Waals surface area contributed by atoms with E-state index in [0.717, 1.165) is 65.6 Å². The summed E-state index contributed by atoms with van der Waals surface area (Å²) in [5.74, 6) is -3.51. The summed E-state index contributed by atoms with van der Waals surface area (Å²) in [5.41, 5.74) is 14.9. The Morgan fingerprint density at radius 3 is 1.27 bits per heavy atom. The molecule has 579 valence electrons. The molecule has 0 aliphatic heterocycles. The Bertz CT molecular complexity index is 5720. The van der Waals surface area contributed by atoms with Gasteiger partial charge in [0.05, 0.1) is 62.9 Å². The van der Waals surface area contributed by atoms with E-state index in [2.05, 4.69) is 151 Å². The number of nitrogens with two attached hydrogens (primary N) is 2. The largest absolute Gasteiger partial charge is 0.693 e. The van der Waals surface area contributed by atoms with Crippen molar-refractivity contribution in [2.45, 2.75) is 12.5 Å². The number of aromatic nitrogens is 15. The second-order valence-corrected chi connectivity index (χ2v) is 24.6. The van der Waals surface area contributed by atoms with Crippen molar-refractivity contribution in [1.29, 1.82) is 0 Å². The molecule has 1 atom stereocenters. The number of carbonyl (C=O) groups is 7. The van der Waals surface area contributed by atoms with Crippen molar-refractivity contribution < 1.29 is 71.8 Å². The molecule has 34 nitrogen and oxygen atoms in total. The number of amides is 7. The summed E-state index contributed by atoms with van der Waals surface area (Å²) in [6, 6.07) is 37.3. The smallest absolute Gasteiger partial charge is 0.0964 e. The molecule has 15 aromatic rings. The summed E-state index contributed by atoms with van der Waals surface area (Å²) in [6.07, 6.45) is 21.4. The van der Waals surface area contributed by atoms with Gasteiger partial charge in [0, 0.05) is 187 Å². The molecule has 15 rings (SSSR count). The van der Waals surface area contributed by atoms with Gasteiger partial charge in [-0.2, -0.15) is 0 Å². The van der Waals surface area contributed by atoms with Gasteiger partial charge in [-0.25, -0.2) is 15.0 Å². The van der Waals surface area contributed by atoms with Gasteiger partial charge >= 0.3 is 28.2 Å². The van der Waals surface area contributed by atoms with Gasteiger partial charge in [0.15, 0.2) is 17.5 Å². The molecule has 14 N–H and O–H groups in total. The van der Waals surface area contributed by atoms with Crippen LogP contribution in [0.4, 0.5) is 34.4 Å². The van der Waals surface area contributed by atoms with Gasteiger partial charge in [0.2, 0.25) is 17.6 Å². The summed E-state index contributed by atoms with van der Waals surface area (Å²) in [7, 11) is 14.3. The number of fused-ring (bicyclic) bond motifs is 9. The van der Waals surface area contributed by atoms with Crippen LogP contribution >= 0.6 is 9.42 Å². The Morgan fingerprint density at radius 1 is 0.420 bits per heavy atom. The average Bonchev–Trinajstić information content (AvgIpc) is 1.43. The quantitative estimate of drug-likeness (QED) is 0.0194. The van der Waals surface area contributed by atoms with Crippen LogP contribution in [0.5, 0.6) is 0 Å². The summed E-state index contributed by atoms with van der Waals surface area (Å²) in [6.45, 7) is -0.220. The topological polar surface area (TPSA) is 464 Å². The monoisotopic (exact) mass is 1800 g/mol. The molecule has 7 amide bonds. The Morgan fingerprint density at radius 2 is 0.821 bits per heavy atom. The third-order valence-electron chi connectivity index (χ3n) is 17.2. The van der Waals surface area contributed by atoms with Crippen LogP contribution in [0.25, 0.3) is 83.5 Å². The zero-order valence-corrected chi connectivity index (χ0v) is 65.5. The minimum Gasteiger partial charge on any atom is -0.693 e. The van der Waals surface area contributed by atoms with Crippen LogP contribution in [0.1, 0.15) is 69.7 Å². The van der Waals surface area contributed by atoms with Gasteiger partial charge in [-0.1, -0.05) is 61.3 Å². The van der Waals surface area contributed by atoms with E-state index in [0.29, 0.717) is 22.6 Å². The van der Waals surface area contributed by atoms with Crippen LogP contribution in [0.3, 0.4) is 0 Å². The molecule has 0 fully saturated rings. The van der Waals surface area contributed by atoms with Crippen molar-refractivity contribution in [2.24, 2.45) is 42.3 Å². The van der Waals surface area contributed by atoms with Crippen LogP contribution < -0.4 is 47.9 Å². The molecule has 3 aromatic carbocycles.